The Kier molecular flexibility index (Phi) is 4.66. The molecule has 0 unspecified atom stereocenters. The minimum Gasteiger partial charge on any atom is -0.493 e. The molecule has 0 fully saturated rings. The smallest absolute Gasteiger partial charge is 0.339 e. The molecule has 0 aliphatic carbocycles. The number of anilines is 1. The van der Waals surface area contributed by atoms with E-state index in [4.69, 9.17) is 9.47 Å². The summed E-state index contributed by atoms with van der Waals surface area (Å²) < 4.78 is 10.3. The van der Waals surface area contributed by atoms with Crippen molar-refractivity contribution >= 4 is 22.5 Å². The van der Waals surface area contributed by atoms with E-state index in [0.717, 1.165) is 0 Å². The van der Waals surface area contributed by atoms with E-state index in [0.29, 0.717) is 17.2 Å². The minimum absolute atomic E-state index is 0.150. The molecule has 0 bridgehead atoms. The van der Waals surface area contributed by atoms with Crippen LogP contribution in [0.25, 0.3) is 10.8 Å². The Bertz CT molecular complexity index is 1060. The normalized spacial score (nSPS) is 10.4. The van der Waals surface area contributed by atoms with Crippen molar-refractivity contribution in [2.75, 3.05) is 19.5 Å². The minimum atomic E-state index is -0.671. The van der Waals surface area contributed by atoms with Crippen LogP contribution in [0.4, 0.5) is 10.5 Å². The van der Waals surface area contributed by atoms with Crippen LogP contribution in [0, 0.1) is 0 Å². The van der Waals surface area contributed by atoms with Gasteiger partial charge >= 0.3 is 6.03 Å². The molecular weight excluding hydrogens is 338 g/mol. The highest BCUT2D eigenvalue weighted by molar-refractivity contribution is 5.89. The van der Waals surface area contributed by atoms with E-state index < -0.39 is 16.9 Å². The molecule has 0 aromatic heterocycles. The number of rotatable bonds is 4. The number of urea groups is 1. The number of para-hydroxylation sites is 1. The summed E-state index contributed by atoms with van der Waals surface area (Å²) in [6.07, 6.45) is 0. The molecule has 2 amide bonds. The van der Waals surface area contributed by atoms with Crippen LogP contribution in [-0.4, -0.2) is 20.3 Å². The maximum Gasteiger partial charge on any atom is 0.339 e. The molecule has 0 saturated carbocycles. The number of benzene rings is 2. The Labute approximate surface area is 147 Å². The zero-order valence-electron chi connectivity index (χ0n) is 14.0. The summed E-state index contributed by atoms with van der Waals surface area (Å²) in [5.74, 6) is 0.645. The largest absolute Gasteiger partial charge is 0.493 e. The Morgan fingerprint density at radius 1 is 0.923 bits per heavy atom. The lowest BCUT2D eigenvalue weighted by atomic mass is 10.2. The maximum absolute atomic E-state index is 12.4. The van der Waals surface area contributed by atoms with Crippen LogP contribution in [0.2, 0.25) is 0 Å². The van der Waals surface area contributed by atoms with Gasteiger partial charge < -0.3 is 14.8 Å². The van der Waals surface area contributed by atoms with Crippen LogP contribution in [0.1, 0.15) is 0 Å². The van der Waals surface area contributed by atoms with Crippen molar-refractivity contribution in [1.82, 2.24) is 5.43 Å². The van der Waals surface area contributed by atoms with E-state index in [-0.39, 0.29) is 16.1 Å². The van der Waals surface area contributed by atoms with Crippen molar-refractivity contribution in [2.24, 2.45) is 5.10 Å². The predicted molar refractivity (Wildman–Crippen MR) is 96.1 cm³/mol. The lowest BCUT2D eigenvalue weighted by Crippen LogP contribution is -2.36. The summed E-state index contributed by atoms with van der Waals surface area (Å²) in [6, 6.07) is 10.8. The van der Waals surface area contributed by atoms with Gasteiger partial charge in [-0.15, -0.1) is 0 Å². The predicted octanol–water partition coefficient (Wildman–Crippen LogP) is 1.09. The van der Waals surface area contributed by atoms with E-state index in [2.05, 4.69) is 15.8 Å². The van der Waals surface area contributed by atoms with E-state index in [1.165, 1.54) is 26.4 Å². The fourth-order valence-electron chi connectivity index (χ4n) is 2.50. The summed E-state index contributed by atoms with van der Waals surface area (Å²) in [7, 11) is 2.85. The lowest BCUT2D eigenvalue weighted by molar-refractivity contribution is 0.252. The third-order valence-corrected chi connectivity index (χ3v) is 3.74. The number of methoxy groups -OCH3 is 2. The molecule has 0 heterocycles. The van der Waals surface area contributed by atoms with Gasteiger partial charge in [-0.25, -0.2) is 10.2 Å². The third kappa shape index (κ3) is 3.12. The quantitative estimate of drug-likeness (QED) is 0.683. The Morgan fingerprint density at radius 3 is 1.96 bits per heavy atom. The maximum atomic E-state index is 12.4. The lowest BCUT2D eigenvalue weighted by Gasteiger charge is -2.06. The van der Waals surface area contributed by atoms with E-state index in [9.17, 15) is 14.4 Å². The van der Waals surface area contributed by atoms with Gasteiger partial charge in [0.05, 0.1) is 14.2 Å². The second-order valence-electron chi connectivity index (χ2n) is 5.30. The number of hydrogen-bond donors (Lipinski definition) is 2. The van der Waals surface area contributed by atoms with Crippen LogP contribution in [0.15, 0.2) is 57.2 Å². The van der Waals surface area contributed by atoms with Crippen LogP contribution in [-0.2, 0) is 0 Å². The molecule has 0 atom stereocenters. The van der Waals surface area contributed by atoms with Gasteiger partial charge in [0, 0.05) is 16.5 Å². The first-order valence-corrected chi connectivity index (χ1v) is 7.60. The van der Waals surface area contributed by atoms with Gasteiger partial charge in [0.25, 0.3) is 0 Å². The highest BCUT2D eigenvalue weighted by Crippen LogP contribution is 2.29. The molecule has 0 radical (unpaired) electrons. The number of carbonyl (C=O) groups excluding carboxylic acids is 1. The Balaban J connectivity index is 1.97. The summed E-state index contributed by atoms with van der Waals surface area (Å²) in [5, 5.41) is 6.14. The first-order valence-electron chi connectivity index (χ1n) is 7.60. The van der Waals surface area contributed by atoms with Crippen molar-refractivity contribution in [3.63, 3.8) is 0 Å². The average molecular weight is 353 g/mol. The number of ether oxygens (including phenoxy) is 2. The topological polar surface area (TPSA) is 106 Å². The molecular formula is C18H15N3O5. The molecule has 132 valence electrons. The SMILES string of the molecule is COc1cc2c(=O)c(=NNC(=O)Nc3ccccc3)c(=O)c2cc1OC. The van der Waals surface area contributed by atoms with E-state index in [1.807, 2.05) is 0 Å². The summed E-state index contributed by atoms with van der Waals surface area (Å²) in [6.45, 7) is 0. The molecule has 8 nitrogen and oxygen atoms in total. The molecule has 2 N–H and O–H groups in total. The molecule has 3 aromatic carbocycles. The van der Waals surface area contributed by atoms with Crippen LogP contribution in [0.5, 0.6) is 11.5 Å². The van der Waals surface area contributed by atoms with Crippen molar-refractivity contribution in [3.05, 3.63) is 68.3 Å². The second-order valence-corrected chi connectivity index (χ2v) is 5.30. The molecule has 0 spiro atoms. The molecule has 3 rings (SSSR count). The number of carbonyl (C=O) groups is 1. The Morgan fingerprint density at radius 2 is 1.46 bits per heavy atom. The zero-order chi connectivity index (χ0) is 18.7. The third-order valence-electron chi connectivity index (χ3n) is 3.74. The summed E-state index contributed by atoms with van der Waals surface area (Å²) >= 11 is 0. The van der Waals surface area contributed by atoms with Crippen molar-refractivity contribution in [1.29, 1.82) is 0 Å². The van der Waals surface area contributed by atoms with Gasteiger partial charge in [0.15, 0.2) is 16.9 Å². The van der Waals surface area contributed by atoms with Crippen molar-refractivity contribution in [2.45, 2.75) is 0 Å². The fourth-order valence-corrected chi connectivity index (χ4v) is 2.50. The Hall–Kier alpha value is -3.68. The van der Waals surface area contributed by atoms with E-state index in [1.54, 1.807) is 30.3 Å². The molecule has 0 aliphatic rings. The van der Waals surface area contributed by atoms with Gasteiger partial charge in [-0.2, -0.15) is 5.10 Å². The second kappa shape index (κ2) is 7.06. The monoisotopic (exact) mass is 353 g/mol. The van der Waals surface area contributed by atoms with Gasteiger partial charge in [0.2, 0.25) is 10.9 Å². The molecule has 8 heteroatoms. The number of nitrogens with zero attached hydrogens (tertiary/aromatic N) is 1. The summed E-state index contributed by atoms with van der Waals surface area (Å²) in [4.78, 5) is 36.7. The number of fused-ring (bicyclic) bond motifs is 1. The van der Waals surface area contributed by atoms with Crippen molar-refractivity contribution < 1.29 is 14.3 Å². The first kappa shape index (κ1) is 17.2. The van der Waals surface area contributed by atoms with Crippen LogP contribution in [0.3, 0.4) is 0 Å². The number of nitrogens with one attached hydrogen (secondary N) is 2. The van der Waals surface area contributed by atoms with E-state index >= 15 is 0 Å². The molecule has 26 heavy (non-hydrogen) atoms. The highest BCUT2D eigenvalue weighted by atomic mass is 16.5. The number of amides is 2. The van der Waals surface area contributed by atoms with Gasteiger partial charge in [-0.3, -0.25) is 9.59 Å². The number of hydrogen-bond acceptors (Lipinski definition) is 6. The van der Waals surface area contributed by atoms with Crippen molar-refractivity contribution in [3.8, 4) is 11.5 Å². The standard InChI is InChI=1S/C18H15N3O5/c1-25-13-8-11-12(9-14(13)26-2)17(23)15(16(11)22)20-21-18(24)19-10-6-4-3-5-7-10/h3-9H,1-2H3,(H2,19,21,24). The summed E-state index contributed by atoms with van der Waals surface area (Å²) in [5.41, 5.74) is 1.52. The zero-order valence-corrected chi connectivity index (χ0v) is 14.0. The van der Waals surface area contributed by atoms with Gasteiger partial charge in [-0.05, 0) is 24.3 Å². The molecule has 0 saturated heterocycles. The van der Waals surface area contributed by atoms with Gasteiger partial charge in [0.1, 0.15) is 0 Å². The average Bonchev–Trinajstić information content (AvgIpc) is 2.89. The molecule has 3 aromatic rings. The first-order chi connectivity index (χ1) is 12.5. The van der Waals surface area contributed by atoms with Crippen LogP contribution >= 0.6 is 0 Å². The highest BCUT2D eigenvalue weighted by Gasteiger charge is 2.16. The van der Waals surface area contributed by atoms with Crippen LogP contribution < -0.4 is 36.4 Å². The fraction of sp³-hybridized carbons (Fsp3) is 0.111. The molecule has 0 aliphatic heterocycles. The van der Waals surface area contributed by atoms with Gasteiger partial charge in [-0.1, -0.05) is 18.2 Å².